The predicted octanol–water partition coefficient (Wildman–Crippen LogP) is 2.21. The molecule has 108 valence electrons. The van der Waals surface area contributed by atoms with Gasteiger partial charge in [-0.1, -0.05) is 18.2 Å². The lowest BCUT2D eigenvalue weighted by Crippen LogP contribution is -2.26. The highest BCUT2D eigenvalue weighted by Crippen LogP contribution is 2.09. The van der Waals surface area contributed by atoms with Crippen LogP contribution < -0.4 is 11.0 Å². The summed E-state index contributed by atoms with van der Waals surface area (Å²) in [6.45, 7) is 1.12. The van der Waals surface area contributed by atoms with Crippen molar-refractivity contribution in [1.29, 1.82) is 0 Å². The number of carbonyl (C=O) groups is 1. The van der Waals surface area contributed by atoms with E-state index in [1.807, 2.05) is 35.7 Å². The average Bonchev–Trinajstić information content (AvgIpc) is 3.11. The van der Waals surface area contributed by atoms with Gasteiger partial charge in [0.15, 0.2) is 0 Å². The Hall–Kier alpha value is -2.34. The monoisotopic (exact) mass is 301 g/mol. The molecule has 21 heavy (non-hydrogen) atoms. The highest BCUT2D eigenvalue weighted by atomic mass is 32.1. The number of fused-ring (bicyclic) bond motifs is 1. The minimum atomic E-state index is -0.110. The Morgan fingerprint density at radius 3 is 2.90 bits per heavy atom. The molecule has 0 saturated heterocycles. The molecule has 0 aliphatic rings. The molecule has 1 aromatic carbocycles. The lowest BCUT2D eigenvalue weighted by atomic mass is 10.3. The van der Waals surface area contributed by atoms with Crippen molar-refractivity contribution < 1.29 is 4.79 Å². The Labute approximate surface area is 125 Å². The lowest BCUT2D eigenvalue weighted by Gasteiger charge is -2.05. The first-order chi connectivity index (χ1) is 10.3. The molecule has 0 unspecified atom stereocenters. The van der Waals surface area contributed by atoms with Crippen LogP contribution in [0.3, 0.4) is 0 Å². The van der Waals surface area contributed by atoms with Crippen molar-refractivity contribution in [2.24, 2.45) is 0 Å². The number of aromatic amines is 1. The molecule has 6 heteroatoms. The van der Waals surface area contributed by atoms with Crippen LogP contribution >= 0.6 is 11.3 Å². The molecule has 0 atom stereocenters. The Kier molecular flexibility index (Phi) is 3.87. The molecule has 0 spiro atoms. The summed E-state index contributed by atoms with van der Waals surface area (Å²) >= 11 is 1.42. The molecule has 0 radical (unpaired) electrons. The highest BCUT2D eigenvalue weighted by molar-refractivity contribution is 7.12. The van der Waals surface area contributed by atoms with Crippen LogP contribution in [0.25, 0.3) is 11.0 Å². The van der Waals surface area contributed by atoms with Crippen LogP contribution in [0.4, 0.5) is 0 Å². The molecule has 3 aromatic rings. The molecule has 0 fully saturated rings. The quantitative estimate of drug-likeness (QED) is 0.710. The second-order valence-corrected chi connectivity index (χ2v) is 5.63. The molecule has 1 amide bonds. The maximum atomic E-state index is 11.9. The molecular weight excluding hydrogens is 286 g/mol. The fraction of sp³-hybridized carbons (Fsp3) is 0.200. The summed E-state index contributed by atoms with van der Waals surface area (Å²) in [5.74, 6) is -0.0590. The minimum absolute atomic E-state index is 0.0590. The van der Waals surface area contributed by atoms with E-state index in [1.165, 1.54) is 11.3 Å². The Balaban J connectivity index is 1.59. The molecule has 0 aliphatic carbocycles. The van der Waals surface area contributed by atoms with Crippen LogP contribution in [0.2, 0.25) is 0 Å². The van der Waals surface area contributed by atoms with E-state index in [2.05, 4.69) is 10.3 Å². The van der Waals surface area contributed by atoms with E-state index in [0.717, 1.165) is 11.0 Å². The van der Waals surface area contributed by atoms with Gasteiger partial charge in [0.25, 0.3) is 5.91 Å². The number of H-pyrrole nitrogens is 1. The number of amides is 1. The first-order valence-electron chi connectivity index (χ1n) is 6.75. The van der Waals surface area contributed by atoms with Gasteiger partial charge in [-0.15, -0.1) is 11.3 Å². The summed E-state index contributed by atoms with van der Waals surface area (Å²) in [4.78, 5) is 27.2. The first-order valence-corrected chi connectivity index (χ1v) is 7.63. The zero-order chi connectivity index (χ0) is 14.7. The van der Waals surface area contributed by atoms with Crippen LogP contribution in [0.1, 0.15) is 16.1 Å². The smallest absolute Gasteiger partial charge is 0.326 e. The molecule has 0 aliphatic heterocycles. The van der Waals surface area contributed by atoms with Crippen LogP contribution in [0.5, 0.6) is 0 Å². The number of nitrogens with one attached hydrogen (secondary N) is 2. The number of imidazole rings is 1. The molecule has 2 heterocycles. The van der Waals surface area contributed by atoms with E-state index in [-0.39, 0.29) is 11.6 Å². The van der Waals surface area contributed by atoms with E-state index in [1.54, 1.807) is 10.6 Å². The first kappa shape index (κ1) is 13.6. The van der Waals surface area contributed by atoms with Crippen LogP contribution in [-0.2, 0) is 6.54 Å². The zero-order valence-electron chi connectivity index (χ0n) is 11.3. The Morgan fingerprint density at radius 2 is 2.10 bits per heavy atom. The van der Waals surface area contributed by atoms with E-state index in [4.69, 9.17) is 0 Å². The molecule has 2 aromatic heterocycles. The highest BCUT2D eigenvalue weighted by Gasteiger charge is 2.07. The van der Waals surface area contributed by atoms with Gasteiger partial charge in [-0.2, -0.15) is 0 Å². The van der Waals surface area contributed by atoms with Gasteiger partial charge in [-0.25, -0.2) is 4.79 Å². The van der Waals surface area contributed by atoms with Crippen LogP contribution in [0.15, 0.2) is 46.6 Å². The van der Waals surface area contributed by atoms with Crippen molar-refractivity contribution in [2.75, 3.05) is 6.54 Å². The van der Waals surface area contributed by atoms with Gasteiger partial charge in [-0.05, 0) is 30.0 Å². The summed E-state index contributed by atoms with van der Waals surface area (Å²) in [5, 5.41) is 4.74. The number of rotatable bonds is 5. The van der Waals surface area contributed by atoms with E-state index in [9.17, 15) is 9.59 Å². The third-order valence-corrected chi connectivity index (χ3v) is 4.14. The second kappa shape index (κ2) is 5.97. The van der Waals surface area contributed by atoms with E-state index < -0.39 is 0 Å². The normalized spacial score (nSPS) is 10.9. The zero-order valence-corrected chi connectivity index (χ0v) is 12.2. The van der Waals surface area contributed by atoms with Crippen LogP contribution in [0, 0.1) is 0 Å². The lowest BCUT2D eigenvalue weighted by molar-refractivity contribution is 0.0957. The summed E-state index contributed by atoms with van der Waals surface area (Å²) in [6.07, 6.45) is 0.707. The van der Waals surface area contributed by atoms with Crippen molar-refractivity contribution in [3.8, 4) is 0 Å². The van der Waals surface area contributed by atoms with E-state index >= 15 is 0 Å². The average molecular weight is 301 g/mol. The summed E-state index contributed by atoms with van der Waals surface area (Å²) in [5.41, 5.74) is 1.62. The third kappa shape index (κ3) is 2.90. The van der Waals surface area contributed by atoms with Crippen molar-refractivity contribution >= 4 is 28.3 Å². The SMILES string of the molecule is O=C(NCCCn1c(=O)[nH]c2ccccc21)c1cccs1. The molecular formula is C15H15N3O2S. The fourth-order valence-corrected chi connectivity index (χ4v) is 2.90. The Bertz CT molecular complexity index is 802. The molecule has 5 nitrogen and oxygen atoms in total. The number of aryl methyl sites for hydroxylation is 1. The predicted molar refractivity (Wildman–Crippen MR) is 83.8 cm³/mol. The van der Waals surface area contributed by atoms with Crippen molar-refractivity contribution in [2.45, 2.75) is 13.0 Å². The summed E-state index contributed by atoms with van der Waals surface area (Å²) in [7, 11) is 0. The van der Waals surface area contributed by atoms with Gasteiger partial charge in [0.1, 0.15) is 0 Å². The van der Waals surface area contributed by atoms with Gasteiger partial charge >= 0.3 is 5.69 Å². The standard InChI is InChI=1S/C15H15N3O2S/c19-14(13-7-3-10-21-13)16-8-4-9-18-12-6-2-1-5-11(12)17-15(18)20/h1-3,5-7,10H,4,8-9H2,(H,16,19)(H,17,20). The maximum Gasteiger partial charge on any atom is 0.326 e. The van der Waals surface area contributed by atoms with Gasteiger partial charge in [0.2, 0.25) is 0 Å². The molecule has 0 saturated carbocycles. The number of benzene rings is 1. The van der Waals surface area contributed by atoms with Crippen molar-refractivity contribution in [3.63, 3.8) is 0 Å². The number of nitrogens with zero attached hydrogens (tertiary/aromatic N) is 1. The number of carbonyl (C=O) groups excluding carboxylic acids is 1. The van der Waals surface area contributed by atoms with Gasteiger partial charge in [0, 0.05) is 13.1 Å². The summed E-state index contributed by atoms with van der Waals surface area (Å²) < 4.78 is 1.70. The fourth-order valence-electron chi connectivity index (χ4n) is 2.26. The molecule has 0 bridgehead atoms. The largest absolute Gasteiger partial charge is 0.351 e. The second-order valence-electron chi connectivity index (χ2n) is 4.69. The van der Waals surface area contributed by atoms with Crippen molar-refractivity contribution in [3.05, 3.63) is 57.1 Å². The molecule has 3 rings (SSSR count). The number of para-hydroxylation sites is 2. The van der Waals surface area contributed by atoms with Gasteiger partial charge in [-0.3, -0.25) is 9.36 Å². The number of thiophene rings is 1. The molecule has 2 N–H and O–H groups in total. The maximum absolute atomic E-state index is 11.9. The van der Waals surface area contributed by atoms with Gasteiger partial charge in [0.05, 0.1) is 15.9 Å². The van der Waals surface area contributed by atoms with Crippen molar-refractivity contribution in [1.82, 2.24) is 14.9 Å². The van der Waals surface area contributed by atoms with Crippen LogP contribution in [-0.4, -0.2) is 22.0 Å². The topological polar surface area (TPSA) is 66.9 Å². The number of hydrogen-bond acceptors (Lipinski definition) is 3. The minimum Gasteiger partial charge on any atom is -0.351 e. The van der Waals surface area contributed by atoms with Gasteiger partial charge < -0.3 is 10.3 Å². The summed E-state index contributed by atoms with van der Waals surface area (Å²) in [6, 6.07) is 11.2. The number of hydrogen-bond donors (Lipinski definition) is 2. The number of aromatic nitrogens is 2. The Morgan fingerprint density at radius 1 is 1.24 bits per heavy atom. The van der Waals surface area contributed by atoms with E-state index in [0.29, 0.717) is 24.4 Å². The third-order valence-electron chi connectivity index (χ3n) is 3.27.